The molecule has 3 aliphatic rings. The molecule has 3 unspecified atom stereocenters. The van der Waals surface area contributed by atoms with E-state index in [0.717, 1.165) is 25.7 Å². The van der Waals surface area contributed by atoms with Crippen LogP contribution in [-0.4, -0.2) is 73.9 Å². The molecule has 3 atom stereocenters. The van der Waals surface area contributed by atoms with Gasteiger partial charge in [0.15, 0.2) is 0 Å². The number of hydrogen-bond acceptors (Lipinski definition) is 4. The van der Waals surface area contributed by atoms with Crippen LogP contribution in [0, 0.1) is 0 Å². The van der Waals surface area contributed by atoms with Crippen LogP contribution in [0.1, 0.15) is 45.4 Å². The molecule has 3 aliphatic heterocycles. The lowest BCUT2D eigenvalue weighted by Gasteiger charge is -2.44. The van der Waals surface area contributed by atoms with E-state index >= 15 is 0 Å². The molecule has 4 heteroatoms. The lowest BCUT2D eigenvalue weighted by Crippen LogP contribution is -2.55. The molecule has 0 aromatic heterocycles. The summed E-state index contributed by atoms with van der Waals surface area (Å²) in [6, 6.07) is 0.830. The second kappa shape index (κ2) is 7.91. The van der Waals surface area contributed by atoms with Crippen molar-refractivity contribution in [3.8, 4) is 0 Å². The summed E-state index contributed by atoms with van der Waals surface area (Å²) in [6.07, 6.45) is 8.89. The number of rotatable bonds is 6. The maximum absolute atomic E-state index is 6.23. The fourth-order valence-electron chi connectivity index (χ4n) is 4.18. The normalized spacial score (nSPS) is 35.0. The largest absolute Gasteiger partial charge is 0.372 e. The maximum Gasteiger partial charge on any atom is 0.0707 e. The van der Waals surface area contributed by atoms with Gasteiger partial charge in [-0.1, -0.05) is 13.3 Å². The van der Waals surface area contributed by atoms with Gasteiger partial charge < -0.3 is 10.1 Å². The molecule has 0 spiro atoms. The molecule has 0 saturated carbocycles. The Balaban J connectivity index is 1.37. The van der Waals surface area contributed by atoms with Crippen LogP contribution in [-0.2, 0) is 4.74 Å². The van der Waals surface area contributed by atoms with Crippen LogP contribution in [0.5, 0.6) is 0 Å². The molecule has 3 heterocycles. The van der Waals surface area contributed by atoms with E-state index in [2.05, 4.69) is 22.0 Å². The van der Waals surface area contributed by atoms with Gasteiger partial charge in [-0.05, 0) is 45.2 Å². The van der Waals surface area contributed by atoms with Crippen LogP contribution in [0.3, 0.4) is 0 Å². The monoisotopic (exact) mass is 295 g/mol. The van der Waals surface area contributed by atoms with Gasteiger partial charge in [0.2, 0.25) is 0 Å². The molecule has 0 amide bonds. The Morgan fingerprint density at radius 3 is 2.86 bits per heavy atom. The number of fused-ring (bicyclic) bond motifs is 1. The van der Waals surface area contributed by atoms with Gasteiger partial charge in [0.1, 0.15) is 0 Å². The molecular formula is C17H33N3O. The fourth-order valence-corrected chi connectivity index (χ4v) is 4.18. The second-order valence-corrected chi connectivity index (χ2v) is 7.11. The molecule has 0 aromatic rings. The van der Waals surface area contributed by atoms with Crippen molar-refractivity contribution < 1.29 is 4.74 Å². The molecule has 122 valence electrons. The molecule has 21 heavy (non-hydrogen) atoms. The van der Waals surface area contributed by atoms with E-state index in [9.17, 15) is 0 Å². The summed E-state index contributed by atoms with van der Waals surface area (Å²) in [7, 11) is 0. The Hall–Kier alpha value is -0.160. The Morgan fingerprint density at radius 2 is 1.95 bits per heavy atom. The predicted octanol–water partition coefficient (Wildman–Crippen LogP) is 1.70. The van der Waals surface area contributed by atoms with Crippen molar-refractivity contribution in [2.75, 3.05) is 45.8 Å². The van der Waals surface area contributed by atoms with Crippen LogP contribution in [0.15, 0.2) is 0 Å². The standard InChI is InChI=1S/C17H33N3O/c1-2-8-18-12-16-6-7-17(21-16)14-19-10-11-20-9-4-3-5-15(20)13-19/h15-18H,2-14H2,1H3. The topological polar surface area (TPSA) is 27.7 Å². The highest BCUT2D eigenvalue weighted by atomic mass is 16.5. The van der Waals surface area contributed by atoms with E-state index in [0.29, 0.717) is 12.2 Å². The SMILES string of the molecule is CCCNCC1CCC(CN2CCN3CCCCC3C2)O1. The molecule has 3 fully saturated rings. The zero-order valence-corrected chi connectivity index (χ0v) is 13.7. The van der Waals surface area contributed by atoms with Gasteiger partial charge in [0.05, 0.1) is 12.2 Å². The molecule has 0 aromatic carbocycles. The van der Waals surface area contributed by atoms with Gasteiger partial charge in [0, 0.05) is 38.8 Å². The summed E-state index contributed by atoms with van der Waals surface area (Å²) in [6.45, 7) is 10.7. The van der Waals surface area contributed by atoms with E-state index in [1.165, 1.54) is 64.7 Å². The highest BCUT2D eigenvalue weighted by Gasteiger charge is 2.32. The Bertz CT molecular complexity index is 312. The van der Waals surface area contributed by atoms with Gasteiger partial charge in [-0.3, -0.25) is 9.80 Å². The Kier molecular flexibility index (Phi) is 5.92. The maximum atomic E-state index is 6.23. The van der Waals surface area contributed by atoms with Gasteiger partial charge in [0.25, 0.3) is 0 Å². The first-order valence-corrected chi connectivity index (χ1v) is 9.17. The molecule has 1 N–H and O–H groups in total. The van der Waals surface area contributed by atoms with Crippen molar-refractivity contribution >= 4 is 0 Å². The van der Waals surface area contributed by atoms with E-state index in [1.807, 2.05) is 0 Å². The Morgan fingerprint density at radius 1 is 1.05 bits per heavy atom. The van der Waals surface area contributed by atoms with Crippen molar-refractivity contribution in [2.45, 2.75) is 63.7 Å². The highest BCUT2D eigenvalue weighted by molar-refractivity contribution is 4.87. The summed E-state index contributed by atoms with van der Waals surface area (Å²) in [5.74, 6) is 0. The molecule has 4 nitrogen and oxygen atoms in total. The van der Waals surface area contributed by atoms with Crippen LogP contribution in [0.25, 0.3) is 0 Å². The molecule has 0 bridgehead atoms. The summed E-state index contributed by atoms with van der Waals surface area (Å²) >= 11 is 0. The summed E-state index contributed by atoms with van der Waals surface area (Å²) in [5.41, 5.74) is 0. The average molecular weight is 295 g/mol. The first-order chi connectivity index (χ1) is 10.3. The summed E-state index contributed by atoms with van der Waals surface area (Å²) in [5, 5.41) is 3.49. The van der Waals surface area contributed by atoms with E-state index < -0.39 is 0 Å². The summed E-state index contributed by atoms with van der Waals surface area (Å²) < 4.78 is 6.23. The number of hydrogen-bond donors (Lipinski definition) is 1. The fraction of sp³-hybridized carbons (Fsp3) is 1.00. The number of ether oxygens (including phenoxy) is 1. The third kappa shape index (κ3) is 4.41. The zero-order chi connectivity index (χ0) is 14.5. The zero-order valence-electron chi connectivity index (χ0n) is 13.7. The van der Waals surface area contributed by atoms with Gasteiger partial charge in [-0.2, -0.15) is 0 Å². The average Bonchev–Trinajstić information content (AvgIpc) is 2.95. The van der Waals surface area contributed by atoms with Crippen LogP contribution < -0.4 is 5.32 Å². The highest BCUT2D eigenvalue weighted by Crippen LogP contribution is 2.24. The predicted molar refractivity (Wildman–Crippen MR) is 86.7 cm³/mol. The summed E-state index contributed by atoms with van der Waals surface area (Å²) in [4.78, 5) is 5.38. The third-order valence-corrected chi connectivity index (χ3v) is 5.38. The lowest BCUT2D eigenvalue weighted by molar-refractivity contribution is -0.00572. The van der Waals surface area contributed by atoms with Crippen molar-refractivity contribution in [3.05, 3.63) is 0 Å². The van der Waals surface area contributed by atoms with E-state index in [4.69, 9.17) is 4.74 Å². The van der Waals surface area contributed by atoms with E-state index in [-0.39, 0.29) is 0 Å². The van der Waals surface area contributed by atoms with Gasteiger partial charge >= 0.3 is 0 Å². The smallest absolute Gasteiger partial charge is 0.0707 e. The van der Waals surface area contributed by atoms with Crippen molar-refractivity contribution in [1.29, 1.82) is 0 Å². The van der Waals surface area contributed by atoms with Crippen molar-refractivity contribution in [1.82, 2.24) is 15.1 Å². The first-order valence-electron chi connectivity index (χ1n) is 9.17. The number of piperidine rings is 1. The molecule has 3 saturated heterocycles. The van der Waals surface area contributed by atoms with Crippen molar-refractivity contribution in [2.24, 2.45) is 0 Å². The van der Waals surface area contributed by atoms with Gasteiger partial charge in [-0.25, -0.2) is 0 Å². The van der Waals surface area contributed by atoms with Crippen LogP contribution >= 0.6 is 0 Å². The van der Waals surface area contributed by atoms with Gasteiger partial charge in [-0.15, -0.1) is 0 Å². The van der Waals surface area contributed by atoms with Crippen molar-refractivity contribution in [3.63, 3.8) is 0 Å². The second-order valence-electron chi connectivity index (χ2n) is 7.11. The van der Waals surface area contributed by atoms with Crippen LogP contribution in [0.2, 0.25) is 0 Å². The quantitative estimate of drug-likeness (QED) is 0.755. The first kappa shape index (κ1) is 15.7. The minimum Gasteiger partial charge on any atom is -0.372 e. The molecule has 0 aliphatic carbocycles. The minimum absolute atomic E-state index is 0.456. The molecule has 0 radical (unpaired) electrons. The molecule has 3 rings (SSSR count). The lowest BCUT2D eigenvalue weighted by atomic mass is 9.99. The van der Waals surface area contributed by atoms with E-state index in [1.54, 1.807) is 0 Å². The number of piperazine rings is 1. The number of nitrogens with one attached hydrogen (secondary N) is 1. The third-order valence-electron chi connectivity index (χ3n) is 5.38. The number of nitrogens with zero attached hydrogens (tertiary/aromatic N) is 2. The minimum atomic E-state index is 0.456. The molecular weight excluding hydrogens is 262 g/mol. The Labute approximate surface area is 130 Å². The van der Waals surface area contributed by atoms with Crippen LogP contribution in [0.4, 0.5) is 0 Å².